The van der Waals surface area contributed by atoms with Gasteiger partial charge in [-0.15, -0.1) is 10.2 Å². The second-order valence-electron chi connectivity index (χ2n) is 4.82. The average molecular weight is 294 g/mol. The molecule has 8 heteroatoms. The van der Waals surface area contributed by atoms with Crippen molar-refractivity contribution in [1.82, 2.24) is 29.4 Å². The molecule has 0 spiro atoms. The topological polar surface area (TPSA) is 98.2 Å². The first-order valence-corrected chi connectivity index (χ1v) is 6.51. The van der Waals surface area contributed by atoms with E-state index in [9.17, 15) is 9.90 Å². The van der Waals surface area contributed by atoms with Gasteiger partial charge in [-0.1, -0.05) is 12.1 Å². The highest BCUT2D eigenvalue weighted by molar-refractivity contribution is 5.91. The third kappa shape index (κ3) is 1.60. The van der Waals surface area contributed by atoms with Gasteiger partial charge in [-0.25, -0.2) is 4.98 Å². The van der Waals surface area contributed by atoms with E-state index in [1.807, 2.05) is 6.07 Å². The first-order chi connectivity index (χ1) is 10.7. The molecule has 0 saturated carbocycles. The summed E-state index contributed by atoms with van der Waals surface area (Å²) in [4.78, 5) is 16.8. The monoisotopic (exact) mass is 294 g/mol. The van der Waals surface area contributed by atoms with Crippen LogP contribution < -0.4 is 5.56 Å². The van der Waals surface area contributed by atoms with Crippen LogP contribution in [0.3, 0.4) is 0 Å². The Balaban J connectivity index is 2.12. The van der Waals surface area contributed by atoms with Crippen LogP contribution in [0, 0.1) is 0 Å². The average Bonchev–Trinajstić information content (AvgIpc) is 3.01. The summed E-state index contributed by atoms with van der Waals surface area (Å²) >= 11 is 0. The predicted molar refractivity (Wildman–Crippen MR) is 78.4 cm³/mol. The number of hydrogen-bond acceptors (Lipinski definition) is 6. The van der Waals surface area contributed by atoms with Crippen LogP contribution in [-0.2, 0) is 7.05 Å². The van der Waals surface area contributed by atoms with Crippen molar-refractivity contribution in [3.8, 4) is 17.0 Å². The summed E-state index contributed by atoms with van der Waals surface area (Å²) in [5.41, 5.74) is 0.642. The highest BCUT2D eigenvalue weighted by atomic mass is 16.3. The Morgan fingerprint density at radius 1 is 1.23 bits per heavy atom. The summed E-state index contributed by atoms with van der Waals surface area (Å²) in [5, 5.41) is 22.6. The Morgan fingerprint density at radius 3 is 2.91 bits per heavy atom. The van der Waals surface area contributed by atoms with Gasteiger partial charge in [-0.3, -0.25) is 4.79 Å². The van der Waals surface area contributed by atoms with Crippen LogP contribution in [0.4, 0.5) is 0 Å². The fourth-order valence-electron chi connectivity index (χ4n) is 2.46. The van der Waals surface area contributed by atoms with Crippen LogP contribution in [0.2, 0.25) is 0 Å². The molecule has 1 aromatic carbocycles. The van der Waals surface area contributed by atoms with Gasteiger partial charge in [0.1, 0.15) is 23.3 Å². The van der Waals surface area contributed by atoms with Crippen molar-refractivity contribution in [3.63, 3.8) is 0 Å². The van der Waals surface area contributed by atoms with Gasteiger partial charge >= 0.3 is 0 Å². The molecule has 0 bridgehead atoms. The third-order valence-corrected chi connectivity index (χ3v) is 3.57. The van der Waals surface area contributed by atoms with Crippen molar-refractivity contribution in [2.75, 3.05) is 0 Å². The summed E-state index contributed by atoms with van der Waals surface area (Å²) in [7, 11) is 1.65. The van der Waals surface area contributed by atoms with Gasteiger partial charge < -0.3 is 9.67 Å². The van der Waals surface area contributed by atoms with E-state index in [2.05, 4.69) is 20.3 Å². The van der Waals surface area contributed by atoms with E-state index in [4.69, 9.17) is 0 Å². The lowest BCUT2D eigenvalue weighted by Gasteiger charge is -2.11. The number of aromatic nitrogens is 6. The van der Waals surface area contributed by atoms with Gasteiger partial charge in [0.15, 0.2) is 0 Å². The minimum Gasteiger partial charge on any atom is -0.506 e. The number of pyridine rings is 1. The maximum absolute atomic E-state index is 12.6. The van der Waals surface area contributed by atoms with Crippen LogP contribution >= 0.6 is 0 Å². The number of aromatic hydroxyl groups is 1. The molecule has 0 atom stereocenters. The van der Waals surface area contributed by atoms with E-state index in [1.54, 1.807) is 25.2 Å². The molecule has 108 valence electrons. The SMILES string of the molecule is Cn1c(=O)c(-c2cnn3cnnc3n2)c(O)c2ccccc21. The largest absolute Gasteiger partial charge is 0.506 e. The standard InChI is InChI=1S/C14H10N6O2/c1-19-10-5-3-2-4-8(10)12(21)11(13(19)22)9-6-16-20-7-15-18-14(20)17-9/h2-7,21H,1H3. The van der Waals surface area contributed by atoms with E-state index in [0.717, 1.165) is 0 Å². The summed E-state index contributed by atoms with van der Waals surface area (Å²) < 4.78 is 2.85. The molecule has 3 aromatic heterocycles. The quantitative estimate of drug-likeness (QED) is 0.556. The van der Waals surface area contributed by atoms with Crippen molar-refractivity contribution >= 4 is 16.7 Å². The molecule has 0 radical (unpaired) electrons. The van der Waals surface area contributed by atoms with Gasteiger partial charge in [0.2, 0.25) is 0 Å². The minimum atomic E-state index is -0.352. The van der Waals surface area contributed by atoms with Crippen LogP contribution in [0.25, 0.3) is 27.9 Å². The molecule has 0 unspecified atom stereocenters. The first kappa shape index (κ1) is 12.5. The summed E-state index contributed by atoms with van der Waals surface area (Å²) in [6.07, 6.45) is 2.81. The fourth-order valence-corrected chi connectivity index (χ4v) is 2.46. The molecule has 8 nitrogen and oxygen atoms in total. The number of aryl methyl sites for hydroxylation is 1. The maximum atomic E-state index is 12.6. The fraction of sp³-hybridized carbons (Fsp3) is 0.0714. The molecule has 0 aliphatic carbocycles. The number of para-hydroxylation sites is 1. The van der Waals surface area contributed by atoms with Gasteiger partial charge in [0.25, 0.3) is 11.3 Å². The Morgan fingerprint density at radius 2 is 2.05 bits per heavy atom. The van der Waals surface area contributed by atoms with Crippen LogP contribution in [0.5, 0.6) is 5.75 Å². The number of rotatable bonds is 1. The van der Waals surface area contributed by atoms with Crippen LogP contribution in [0.1, 0.15) is 0 Å². The molecule has 3 heterocycles. The molecule has 1 N–H and O–H groups in total. The number of fused-ring (bicyclic) bond motifs is 2. The zero-order valence-electron chi connectivity index (χ0n) is 11.5. The number of hydrogen-bond donors (Lipinski definition) is 1. The molecule has 0 saturated heterocycles. The Bertz CT molecular complexity index is 1080. The molecule has 22 heavy (non-hydrogen) atoms. The molecule has 4 aromatic rings. The van der Waals surface area contributed by atoms with Crippen LogP contribution in [-0.4, -0.2) is 34.5 Å². The molecule has 0 amide bonds. The van der Waals surface area contributed by atoms with Crippen molar-refractivity contribution in [3.05, 3.63) is 47.1 Å². The van der Waals surface area contributed by atoms with E-state index in [0.29, 0.717) is 10.9 Å². The molecular formula is C14H10N6O2. The highest BCUT2D eigenvalue weighted by Crippen LogP contribution is 2.31. The zero-order valence-corrected chi connectivity index (χ0v) is 11.5. The normalized spacial score (nSPS) is 11.3. The summed E-state index contributed by atoms with van der Waals surface area (Å²) in [5.74, 6) is 0.143. The van der Waals surface area contributed by atoms with Crippen molar-refractivity contribution in [2.45, 2.75) is 0 Å². The lowest BCUT2D eigenvalue weighted by atomic mass is 10.1. The van der Waals surface area contributed by atoms with E-state index < -0.39 is 0 Å². The highest BCUT2D eigenvalue weighted by Gasteiger charge is 2.18. The minimum absolute atomic E-state index is 0.0965. The molecule has 0 aliphatic rings. The van der Waals surface area contributed by atoms with Crippen molar-refractivity contribution in [1.29, 1.82) is 0 Å². The maximum Gasteiger partial charge on any atom is 0.272 e. The second kappa shape index (κ2) is 4.35. The van der Waals surface area contributed by atoms with E-state index in [1.165, 1.54) is 21.6 Å². The first-order valence-electron chi connectivity index (χ1n) is 6.51. The Labute approximate surface area is 123 Å². The zero-order chi connectivity index (χ0) is 15.3. The lowest BCUT2D eigenvalue weighted by Crippen LogP contribution is -2.20. The van der Waals surface area contributed by atoms with E-state index in [-0.39, 0.29) is 28.3 Å². The Kier molecular flexibility index (Phi) is 2.46. The van der Waals surface area contributed by atoms with Gasteiger partial charge in [-0.05, 0) is 12.1 Å². The summed E-state index contributed by atoms with van der Waals surface area (Å²) in [6, 6.07) is 7.12. The van der Waals surface area contributed by atoms with Crippen LogP contribution in [0.15, 0.2) is 41.6 Å². The third-order valence-electron chi connectivity index (χ3n) is 3.57. The van der Waals surface area contributed by atoms with Gasteiger partial charge in [0.05, 0.1) is 11.7 Å². The number of nitrogens with zero attached hydrogens (tertiary/aromatic N) is 6. The molecule has 0 fully saturated rings. The smallest absolute Gasteiger partial charge is 0.272 e. The summed E-state index contributed by atoms with van der Waals surface area (Å²) in [6.45, 7) is 0. The van der Waals surface area contributed by atoms with Gasteiger partial charge in [0, 0.05) is 12.4 Å². The van der Waals surface area contributed by atoms with E-state index >= 15 is 0 Å². The van der Waals surface area contributed by atoms with Crippen molar-refractivity contribution < 1.29 is 5.11 Å². The predicted octanol–water partition coefficient (Wildman–Crippen LogP) is 0.744. The second-order valence-corrected chi connectivity index (χ2v) is 4.82. The Hall–Kier alpha value is -3.29. The lowest BCUT2D eigenvalue weighted by molar-refractivity contribution is 0.481. The molecular weight excluding hydrogens is 284 g/mol. The van der Waals surface area contributed by atoms with Crippen molar-refractivity contribution in [2.24, 2.45) is 7.05 Å². The molecule has 0 aliphatic heterocycles. The van der Waals surface area contributed by atoms with Gasteiger partial charge in [-0.2, -0.15) is 9.61 Å². The number of benzene rings is 1. The molecule has 4 rings (SSSR count).